The number of benzene rings is 1. The lowest BCUT2D eigenvalue weighted by Crippen LogP contribution is -2.38. The van der Waals surface area contributed by atoms with Crippen LogP contribution in [-0.2, 0) is 12.8 Å². The molecule has 0 spiro atoms. The van der Waals surface area contributed by atoms with Gasteiger partial charge < -0.3 is 16.0 Å². The molecule has 0 fully saturated rings. The standard InChI is InChI=1S/C21H27N7O.HI/c1-3-23-21(24-12-10-16-7-6-8-17(15-16)20(29)22-2)25-13-11-19-27-26-18-9-4-5-14-28(18)19;/h4-9,14-15H,3,10-13H2,1-2H3,(H,22,29)(H2,23,24,25);1H. The summed E-state index contributed by atoms with van der Waals surface area (Å²) in [6.07, 6.45) is 3.46. The number of halogens is 1. The Morgan fingerprint density at radius 1 is 1.10 bits per heavy atom. The molecule has 0 unspecified atom stereocenters. The summed E-state index contributed by atoms with van der Waals surface area (Å²) in [4.78, 5) is 16.4. The average Bonchev–Trinajstić information content (AvgIpc) is 3.16. The van der Waals surface area contributed by atoms with Crippen molar-refractivity contribution >= 4 is 41.5 Å². The molecule has 0 saturated heterocycles. The third kappa shape index (κ3) is 6.41. The van der Waals surface area contributed by atoms with Crippen molar-refractivity contribution in [2.75, 3.05) is 26.7 Å². The summed E-state index contributed by atoms with van der Waals surface area (Å²) in [5.74, 6) is 1.59. The molecule has 0 aliphatic rings. The maximum Gasteiger partial charge on any atom is 0.251 e. The van der Waals surface area contributed by atoms with Gasteiger partial charge in [0.2, 0.25) is 0 Å². The lowest BCUT2D eigenvalue weighted by molar-refractivity contribution is 0.0963. The fraction of sp³-hybridized carbons (Fsp3) is 0.333. The van der Waals surface area contributed by atoms with Gasteiger partial charge >= 0.3 is 0 Å². The van der Waals surface area contributed by atoms with Crippen molar-refractivity contribution in [3.63, 3.8) is 0 Å². The molecule has 0 atom stereocenters. The molecule has 160 valence electrons. The maximum absolute atomic E-state index is 11.8. The molecule has 1 amide bonds. The molecule has 3 N–H and O–H groups in total. The summed E-state index contributed by atoms with van der Waals surface area (Å²) in [5, 5.41) is 17.7. The number of carbonyl (C=O) groups is 1. The minimum atomic E-state index is -0.0734. The van der Waals surface area contributed by atoms with Crippen LogP contribution in [0.25, 0.3) is 5.65 Å². The molecule has 3 rings (SSSR count). The van der Waals surface area contributed by atoms with Crippen molar-refractivity contribution in [3.05, 3.63) is 65.6 Å². The summed E-state index contributed by atoms with van der Waals surface area (Å²) in [5.41, 5.74) is 2.62. The summed E-state index contributed by atoms with van der Waals surface area (Å²) < 4.78 is 1.98. The van der Waals surface area contributed by atoms with Crippen LogP contribution in [-0.4, -0.2) is 53.1 Å². The van der Waals surface area contributed by atoms with Crippen LogP contribution >= 0.6 is 24.0 Å². The molecule has 0 aliphatic carbocycles. The number of rotatable bonds is 8. The summed E-state index contributed by atoms with van der Waals surface area (Å²) in [7, 11) is 1.64. The first kappa shape index (κ1) is 23.6. The quantitative estimate of drug-likeness (QED) is 0.240. The van der Waals surface area contributed by atoms with Crippen LogP contribution in [0.5, 0.6) is 0 Å². The highest BCUT2D eigenvalue weighted by Gasteiger charge is 2.06. The molecule has 2 aromatic heterocycles. The van der Waals surface area contributed by atoms with Gasteiger partial charge in [0.1, 0.15) is 5.82 Å². The van der Waals surface area contributed by atoms with Crippen LogP contribution in [0.15, 0.2) is 53.7 Å². The van der Waals surface area contributed by atoms with Crippen LogP contribution < -0.4 is 16.0 Å². The van der Waals surface area contributed by atoms with E-state index >= 15 is 0 Å². The van der Waals surface area contributed by atoms with Gasteiger partial charge in [-0.15, -0.1) is 34.2 Å². The Morgan fingerprint density at radius 3 is 2.77 bits per heavy atom. The number of pyridine rings is 1. The predicted octanol–water partition coefficient (Wildman–Crippen LogP) is 2.05. The molecule has 0 aliphatic heterocycles. The largest absolute Gasteiger partial charge is 0.357 e. The van der Waals surface area contributed by atoms with E-state index in [-0.39, 0.29) is 29.9 Å². The van der Waals surface area contributed by atoms with Crippen molar-refractivity contribution in [3.8, 4) is 0 Å². The average molecular weight is 521 g/mol. The number of hydrogen-bond acceptors (Lipinski definition) is 4. The van der Waals surface area contributed by atoms with Crippen LogP contribution in [0, 0.1) is 0 Å². The summed E-state index contributed by atoms with van der Waals surface area (Å²) >= 11 is 0. The molecular formula is C21H28IN7O. The van der Waals surface area contributed by atoms with E-state index in [1.807, 2.05) is 60.0 Å². The Labute approximate surface area is 193 Å². The van der Waals surface area contributed by atoms with Crippen LogP contribution in [0.2, 0.25) is 0 Å². The van der Waals surface area contributed by atoms with Gasteiger partial charge in [0.15, 0.2) is 11.6 Å². The van der Waals surface area contributed by atoms with Gasteiger partial charge in [-0.05, 0) is 43.2 Å². The minimum Gasteiger partial charge on any atom is -0.357 e. The molecule has 1 aromatic carbocycles. The van der Waals surface area contributed by atoms with Crippen molar-refractivity contribution in [2.45, 2.75) is 19.8 Å². The number of nitrogens with one attached hydrogen (secondary N) is 3. The van der Waals surface area contributed by atoms with E-state index in [1.54, 1.807) is 7.05 Å². The second-order valence-electron chi connectivity index (χ2n) is 6.51. The van der Waals surface area contributed by atoms with Crippen LogP contribution in [0.3, 0.4) is 0 Å². The first-order valence-corrected chi connectivity index (χ1v) is 9.83. The zero-order chi connectivity index (χ0) is 20.5. The SMILES string of the molecule is CCNC(=NCCc1nnc2ccccn12)NCCc1cccc(C(=O)NC)c1.I. The second-order valence-corrected chi connectivity index (χ2v) is 6.51. The summed E-state index contributed by atoms with van der Waals surface area (Å²) in [6, 6.07) is 13.5. The number of aromatic nitrogens is 3. The van der Waals surface area contributed by atoms with Gasteiger partial charge in [0.05, 0.1) is 0 Å². The molecule has 0 saturated carbocycles. The van der Waals surface area contributed by atoms with Crippen LogP contribution in [0.4, 0.5) is 0 Å². The van der Waals surface area contributed by atoms with Crippen LogP contribution in [0.1, 0.15) is 28.7 Å². The Balaban J connectivity index is 0.00000320. The monoisotopic (exact) mass is 521 g/mol. The maximum atomic E-state index is 11.8. The number of amides is 1. The molecule has 0 bridgehead atoms. The molecule has 0 radical (unpaired) electrons. The van der Waals surface area contributed by atoms with Gasteiger partial charge in [-0.25, -0.2) is 0 Å². The Morgan fingerprint density at radius 2 is 1.97 bits per heavy atom. The second kappa shape index (κ2) is 12.1. The number of hydrogen-bond donors (Lipinski definition) is 3. The van der Waals surface area contributed by atoms with Gasteiger partial charge in [0, 0.05) is 44.9 Å². The van der Waals surface area contributed by atoms with Gasteiger partial charge in [0.25, 0.3) is 5.91 Å². The molecule has 3 aromatic rings. The highest BCUT2D eigenvalue weighted by Crippen LogP contribution is 2.06. The van der Waals surface area contributed by atoms with E-state index in [0.717, 1.165) is 42.5 Å². The van der Waals surface area contributed by atoms with Crippen molar-refractivity contribution in [1.82, 2.24) is 30.5 Å². The van der Waals surface area contributed by atoms with E-state index in [2.05, 4.69) is 31.1 Å². The molecule has 8 nitrogen and oxygen atoms in total. The smallest absolute Gasteiger partial charge is 0.251 e. The highest BCUT2D eigenvalue weighted by molar-refractivity contribution is 14.0. The number of guanidine groups is 1. The van der Waals surface area contributed by atoms with Crippen molar-refractivity contribution in [2.24, 2.45) is 4.99 Å². The van der Waals surface area contributed by atoms with E-state index in [4.69, 9.17) is 0 Å². The van der Waals surface area contributed by atoms with Crippen molar-refractivity contribution in [1.29, 1.82) is 0 Å². The predicted molar refractivity (Wildman–Crippen MR) is 130 cm³/mol. The normalized spacial score (nSPS) is 11.1. The Hall–Kier alpha value is -2.69. The Kier molecular flexibility index (Phi) is 9.52. The van der Waals surface area contributed by atoms with Crippen molar-refractivity contribution < 1.29 is 4.79 Å². The highest BCUT2D eigenvalue weighted by atomic mass is 127. The fourth-order valence-corrected chi connectivity index (χ4v) is 3.01. The number of fused-ring (bicyclic) bond motifs is 1. The molecule has 2 heterocycles. The lowest BCUT2D eigenvalue weighted by atomic mass is 10.1. The van der Waals surface area contributed by atoms with Gasteiger partial charge in [-0.2, -0.15) is 0 Å². The topological polar surface area (TPSA) is 95.7 Å². The number of nitrogens with zero attached hydrogens (tertiary/aromatic N) is 4. The minimum absolute atomic E-state index is 0. The first-order chi connectivity index (χ1) is 14.2. The number of carbonyl (C=O) groups excluding carboxylic acids is 1. The first-order valence-electron chi connectivity index (χ1n) is 9.83. The number of aliphatic imine (C=N–C) groups is 1. The van der Waals surface area contributed by atoms with E-state index in [1.165, 1.54) is 0 Å². The van der Waals surface area contributed by atoms with Gasteiger partial charge in [-0.1, -0.05) is 18.2 Å². The zero-order valence-electron chi connectivity index (χ0n) is 17.3. The van der Waals surface area contributed by atoms with E-state index in [9.17, 15) is 4.79 Å². The lowest BCUT2D eigenvalue weighted by Gasteiger charge is -2.11. The van der Waals surface area contributed by atoms with E-state index in [0.29, 0.717) is 18.5 Å². The third-order valence-electron chi connectivity index (χ3n) is 4.46. The van der Waals surface area contributed by atoms with E-state index < -0.39 is 0 Å². The molecular weight excluding hydrogens is 493 g/mol. The third-order valence-corrected chi connectivity index (χ3v) is 4.46. The zero-order valence-corrected chi connectivity index (χ0v) is 19.6. The molecule has 30 heavy (non-hydrogen) atoms. The Bertz CT molecular complexity index is 986. The molecule has 9 heteroatoms. The fourth-order valence-electron chi connectivity index (χ4n) is 3.01. The summed E-state index contributed by atoms with van der Waals surface area (Å²) in [6.45, 7) is 4.15. The van der Waals surface area contributed by atoms with Gasteiger partial charge in [-0.3, -0.25) is 14.2 Å².